The number of likely N-dealkylation sites (tertiary alicyclic amines) is 1. The predicted octanol–water partition coefficient (Wildman–Crippen LogP) is 1.60. The molecule has 6 heteroatoms. The quantitative estimate of drug-likeness (QED) is 0.875. The summed E-state index contributed by atoms with van der Waals surface area (Å²) in [5, 5.41) is 2.80. The van der Waals surface area contributed by atoms with Crippen LogP contribution < -0.4 is 5.32 Å². The third-order valence-electron chi connectivity index (χ3n) is 4.74. The average Bonchev–Trinajstić information content (AvgIpc) is 3.24. The lowest BCUT2D eigenvalue weighted by molar-refractivity contribution is -0.135. The predicted molar refractivity (Wildman–Crippen MR) is 91.9 cm³/mol. The number of amides is 1. The van der Waals surface area contributed by atoms with E-state index in [0.717, 1.165) is 30.9 Å². The van der Waals surface area contributed by atoms with Crippen molar-refractivity contribution in [3.63, 3.8) is 0 Å². The Kier molecular flexibility index (Phi) is 4.97. The molecule has 0 saturated carbocycles. The van der Waals surface area contributed by atoms with E-state index in [9.17, 15) is 4.79 Å². The van der Waals surface area contributed by atoms with E-state index in [2.05, 4.69) is 31.9 Å². The Labute approximate surface area is 142 Å². The summed E-state index contributed by atoms with van der Waals surface area (Å²) in [6, 6.07) is 10.1. The minimum Gasteiger partial charge on any atom is -0.382 e. The van der Waals surface area contributed by atoms with Crippen LogP contribution in [0.2, 0.25) is 0 Å². The molecule has 2 aromatic rings. The zero-order chi connectivity index (χ0) is 17.0. The molecule has 1 aliphatic heterocycles. The molecule has 1 aromatic carbocycles. The molecular weight excluding hydrogens is 304 g/mol. The van der Waals surface area contributed by atoms with E-state index in [0.29, 0.717) is 13.2 Å². The Hall–Kier alpha value is -2.18. The summed E-state index contributed by atoms with van der Waals surface area (Å²) >= 11 is 0. The molecule has 128 valence electrons. The van der Waals surface area contributed by atoms with Crippen molar-refractivity contribution in [3.8, 4) is 5.69 Å². The van der Waals surface area contributed by atoms with Crippen molar-refractivity contribution in [3.05, 3.63) is 48.5 Å². The normalized spacial score (nSPS) is 21.1. The molecule has 1 aliphatic rings. The Balaban J connectivity index is 1.88. The van der Waals surface area contributed by atoms with Gasteiger partial charge in [-0.25, -0.2) is 4.98 Å². The second kappa shape index (κ2) is 7.15. The molecule has 0 aliphatic carbocycles. The van der Waals surface area contributed by atoms with E-state index in [-0.39, 0.29) is 5.91 Å². The number of methoxy groups -OCH3 is 1. The summed E-state index contributed by atoms with van der Waals surface area (Å²) in [4.78, 5) is 19.3. The smallest absolute Gasteiger partial charge is 0.242 e. The fourth-order valence-corrected chi connectivity index (χ4v) is 3.57. The molecule has 6 nitrogen and oxygen atoms in total. The number of carbonyl (C=O) groups excluding carboxylic acids is 1. The van der Waals surface area contributed by atoms with Crippen LogP contribution >= 0.6 is 0 Å². The van der Waals surface area contributed by atoms with Gasteiger partial charge >= 0.3 is 0 Å². The van der Waals surface area contributed by atoms with Crippen LogP contribution in [0.4, 0.5) is 0 Å². The van der Waals surface area contributed by atoms with Crippen molar-refractivity contribution < 1.29 is 9.53 Å². The van der Waals surface area contributed by atoms with Gasteiger partial charge in [-0.1, -0.05) is 18.2 Å². The topological polar surface area (TPSA) is 59.4 Å². The first kappa shape index (κ1) is 16.7. The number of benzene rings is 1. The van der Waals surface area contributed by atoms with Gasteiger partial charge < -0.3 is 14.6 Å². The van der Waals surface area contributed by atoms with Crippen molar-refractivity contribution in [1.82, 2.24) is 19.8 Å². The second-order valence-corrected chi connectivity index (χ2v) is 6.12. The number of aromatic nitrogens is 2. The van der Waals surface area contributed by atoms with Gasteiger partial charge in [-0.2, -0.15) is 0 Å². The SMILES string of the molecule is CNC(=O)C1(COC)CCCN1Cc1nccn1-c1ccccc1. The summed E-state index contributed by atoms with van der Waals surface area (Å²) in [5.41, 5.74) is 0.457. The molecule has 0 radical (unpaired) electrons. The standard InChI is InChI=1S/C18H24N4O2/c1-19-17(23)18(14-24-2)9-6-11-21(18)13-16-20-10-12-22(16)15-7-4-3-5-8-15/h3-5,7-8,10,12H,6,9,11,13-14H2,1-2H3,(H,19,23). The number of carbonyl (C=O) groups is 1. The number of nitrogens with zero attached hydrogens (tertiary/aromatic N) is 3. The third kappa shape index (κ3) is 2.95. The summed E-state index contributed by atoms with van der Waals surface area (Å²) in [5.74, 6) is 0.937. The minimum atomic E-state index is -0.614. The molecule has 1 aromatic heterocycles. The summed E-state index contributed by atoms with van der Waals surface area (Å²) in [6.07, 6.45) is 5.53. The third-order valence-corrected chi connectivity index (χ3v) is 4.74. The largest absolute Gasteiger partial charge is 0.382 e. The van der Waals surface area contributed by atoms with E-state index in [1.807, 2.05) is 24.4 Å². The molecule has 1 N–H and O–H groups in total. The number of nitrogens with one attached hydrogen (secondary N) is 1. The van der Waals surface area contributed by atoms with E-state index >= 15 is 0 Å². The van der Waals surface area contributed by atoms with Crippen molar-refractivity contribution in [2.75, 3.05) is 27.3 Å². The highest BCUT2D eigenvalue weighted by atomic mass is 16.5. The highest BCUT2D eigenvalue weighted by molar-refractivity contribution is 5.86. The molecule has 1 saturated heterocycles. The van der Waals surface area contributed by atoms with Gasteiger partial charge in [0.05, 0.1) is 13.2 Å². The average molecular weight is 328 g/mol. The van der Waals surface area contributed by atoms with Gasteiger partial charge in [-0.15, -0.1) is 0 Å². The molecular formula is C18H24N4O2. The maximum Gasteiger partial charge on any atom is 0.242 e. The van der Waals surface area contributed by atoms with E-state index in [4.69, 9.17) is 4.74 Å². The maximum absolute atomic E-state index is 12.6. The van der Waals surface area contributed by atoms with Crippen LogP contribution in [0.3, 0.4) is 0 Å². The van der Waals surface area contributed by atoms with Gasteiger partial charge in [-0.3, -0.25) is 9.69 Å². The monoisotopic (exact) mass is 328 g/mol. The lowest BCUT2D eigenvalue weighted by Crippen LogP contribution is -2.57. The molecule has 1 atom stereocenters. The number of ether oxygens (including phenoxy) is 1. The van der Waals surface area contributed by atoms with Crippen molar-refractivity contribution in [1.29, 1.82) is 0 Å². The van der Waals surface area contributed by atoms with Gasteiger partial charge in [0.2, 0.25) is 5.91 Å². The van der Waals surface area contributed by atoms with Gasteiger partial charge in [0, 0.05) is 32.2 Å². The molecule has 1 unspecified atom stereocenters. The Bertz CT molecular complexity index is 685. The first-order chi connectivity index (χ1) is 11.7. The number of hydrogen-bond acceptors (Lipinski definition) is 4. The molecule has 3 rings (SSSR count). The van der Waals surface area contributed by atoms with Crippen LogP contribution in [0.5, 0.6) is 0 Å². The van der Waals surface area contributed by atoms with Gasteiger partial charge in [0.15, 0.2) is 0 Å². The summed E-state index contributed by atoms with van der Waals surface area (Å²) in [6.45, 7) is 1.86. The molecule has 0 bridgehead atoms. The van der Waals surface area contributed by atoms with Gasteiger partial charge in [0.25, 0.3) is 0 Å². The van der Waals surface area contributed by atoms with Crippen LogP contribution in [0.15, 0.2) is 42.7 Å². The van der Waals surface area contributed by atoms with Crippen molar-refractivity contribution >= 4 is 5.91 Å². The second-order valence-electron chi connectivity index (χ2n) is 6.12. The number of hydrogen-bond donors (Lipinski definition) is 1. The first-order valence-electron chi connectivity index (χ1n) is 8.25. The fraction of sp³-hybridized carbons (Fsp3) is 0.444. The first-order valence-corrected chi connectivity index (χ1v) is 8.25. The molecule has 24 heavy (non-hydrogen) atoms. The van der Waals surface area contributed by atoms with Gasteiger partial charge in [0.1, 0.15) is 11.4 Å². The molecule has 0 spiro atoms. The summed E-state index contributed by atoms with van der Waals surface area (Å²) in [7, 11) is 3.33. The van der Waals surface area contributed by atoms with Crippen LogP contribution in [-0.2, 0) is 16.1 Å². The van der Waals surface area contributed by atoms with E-state index in [1.54, 1.807) is 20.4 Å². The van der Waals surface area contributed by atoms with Crippen molar-refractivity contribution in [2.24, 2.45) is 0 Å². The Morgan fingerprint density at radius 3 is 2.88 bits per heavy atom. The minimum absolute atomic E-state index is 0.0136. The molecule has 1 fully saturated rings. The molecule has 2 heterocycles. The zero-order valence-corrected chi connectivity index (χ0v) is 14.2. The van der Waals surface area contributed by atoms with Crippen LogP contribution in [0, 0.1) is 0 Å². The number of imidazole rings is 1. The zero-order valence-electron chi connectivity index (χ0n) is 14.2. The van der Waals surface area contributed by atoms with E-state index < -0.39 is 5.54 Å². The fourth-order valence-electron chi connectivity index (χ4n) is 3.57. The van der Waals surface area contributed by atoms with E-state index in [1.165, 1.54) is 0 Å². The maximum atomic E-state index is 12.6. The number of likely N-dealkylation sites (N-methyl/N-ethyl adjacent to an activating group) is 1. The number of para-hydroxylation sites is 1. The van der Waals surface area contributed by atoms with Crippen LogP contribution in [0.1, 0.15) is 18.7 Å². The Morgan fingerprint density at radius 1 is 1.38 bits per heavy atom. The molecule has 1 amide bonds. The summed E-state index contributed by atoms with van der Waals surface area (Å²) < 4.78 is 7.46. The Morgan fingerprint density at radius 2 is 2.17 bits per heavy atom. The van der Waals surface area contributed by atoms with Gasteiger partial charge in [-0.05, 0) is 31.5 Å². The lowest BCUT2D eigenvalue weighted by atomic mass is 9.96. The van der Waals surface area contributed by atoms with Crippen molar-refractivity contribution in [2.45, 2.75) is 24.9 Å². The number of rotatable bonds is 6. The highest BCUT2D eigenvalue weighted by Gasteiger charge is 2.47. The van der Waals surface area contributed by atoms with Crippen LogP contribution in [0.25, 0.3) is 5.69 Å². The highest BCUT2D eigenvalue weighted by Crippen LogP contribution is 2.31. The van der Waals surface area contributed by atoms with Crippen LogP contribution in [-0.4, -0.2) is 53.2 Å². The lowest BCUT2D eigenvalue weighted by Gasteiger charge is -2.36.